The molecule has 80 valence electrons. The van der Waals surface area contributed by atoms with Gasteiger partial charge in [-0.1, -0.05) is 13.3 Å². The van der Waals surface area contributed by atoms with E-state index in [1.54, 1.807) is 7.11 Å². The van der Waals surface area contributed by atoms with Gasteiger partial charge in [0.2, 0.25) is 0 Å². The van der Waals surface area contributed by atoms with Crippen molar-refractivity contribution in [1.29, 1.82) is 0 Å². The molecule has 2 heteroatoms. The summed E-state index contributed by atoms with van der Waals surface area (Å²) >= 11 is 5.88. The Morgan fingerprint density at radius 2 is 1.92 bits per heavy atom. The van der Waals surface area contributed by atoms with E-state index in [0.29, 0.717) is 5.92 Å². The van der Waals surface area contributed by atoms with Gasteiger partial charge in [0.25, 0.3) is 0 Å². The quantitative estimate of drug-likeness (QED) is 0.575. The van der Waals surface area contributed by atoms with Crippen LogP contribution in [-0.4, -0.2) is 18.6 Å². The van der Waals surface area contributed by atoms with Gasteiger partial charge in [-0.2, -0.15) is 0 Å². The molecule has 0 amide bonds. The molecule has 0 aromatic carbocycles. The van der Waals surface area contributed by atoms with E-state index in [-0.39, 0.29) is 5.60 Å². The van der Waals surface area contributed by atoms with E-state index in [0.717, 1.165) is 12.3 Å². The molecule has 0 radical (unpaired) electrons. The maximum Gasteiger partial charge on any atom is 0.0622 e. The average Bonchev–Trinajstić information content (AvgIpc) is 2.12. The number of rotatable bonds is 7. The summed E-state index contributed by atoms with van der Waals surface area (Å²) < 4.78 is 5.37. The van der Waals surface area contributed by atoms with Gasteiger partial charge >= 0.3 is 0 Å². The summed E-state index contributed by atoms with van der Waals surface area (Å²) in [5.41, 5.74) is 0.0120. The fraction of sp³-hybridized carbons (Fsp3) is 1.00. The summed E-state index contributed by atoms with van der Waals surface area (Å²) in [4.78, 5) is 0. The Morgan fingerprint density at radius 1 is 1.31 bits per heavy atom. The fourth-order valence-corrected chi connectivity index (χ4v) is 1.67. The zero-order chi connectivity index (χ0) is 10.3. The van der Waals surface area contributed by atoms with Crippen molar-refractivity contribution >= 4 is 11.6 Å². The average molecular weight is 207 g/mol. The molecule has 0 saturated heterocycles. The first-order valence-electron chi connectivity index (χ1n) is 5.17. The highest BCUT2D eigenvalue weighted by molar-refractivity contribution is 6.18. The first kappa shape index (κ1) is 13.2. The van der Waals surface area contributed by atoms with E-state index in [1.165, 1.54) is 19.3 Å². The Labute approximate surface area is 87.8 Å². The topological polar surface area (TPSA) is 9.23 Å². The molecule has 0 aliphatic carbocycles. The molecule has 0 spiro atoms. The van der Waals surface area contributed by atoms with Crippen molar-refractivity contribution in [3.05, 3.63) is 0 Å². The van der Waals surface area contributed by atoms with Crippen LogP contribution < -0.4 is 0 Å². The maximum atomic E-state index is 5.88. The van der Waals surface area contributed by atoms with Crippen molar-refractivity contribution in [1.82, 2.24) is 0 Å². The van der Waals surface area contributed by atoms with Crippen LogP contribution in [0.1, 0.15) is 46.5 Å². The van der Waals surface area contributed by atoms with E-state index < -0.39 is 0 Å². The molecule has 1 atom stereocenters. The molecule has 13 heavy (non-hydrogen) atoms. The molecule has 0 aliphatic rings. The molecule has 1 nitrogen and oxygen atoms in total. The van der Waals surface area contributed by atoms with Gasteiger partial charge in [-0.05, 0) is 39.0 Å². The summed E-state index contributed by atoms with van der Waals surface area (Å²) in [6.45, 7) is 6.47. The summed E-state index contributed by atoms with van der Waals surface area (Å²) in [5, 5.41) is 0. The van der Waals surface area contributed by atoms with Crippen LogP contribution in [-0.2, 0) is 4.74 Å². The molecule has 0 aromatic rings. The predicted octanol–water partition coefficient (Wildman–Crippen LogP) is 3.85. The monoisotopic (exact) mass is 206 g/mol. The number of hydrogen-bond acceptors (Lipinski definition) is 1. The van der Waals surface area contributed by atoms with Crippen LogP contribution in [0.15, 0.2) is 0 Å². The third-order valence-corrected chi connectivity index (χ3v) is 3.06. The molecule has 0 bridgehead atoms. The summed E-state index contributed by atoms with van der Waals surface area (Å²) in [6, 6.07) is 0. The van der Waals surface area contributed by atoms with Gasteiger partial charge in [0.05, 0.1) is 5.60 Å². The zero-order valence-electron chi connectivity index (χ0n) is 9.40. The highest BCUT2D eigenvalue weighted by atomic mass is 35.5. The lowest BCUT2D eigenvalue weighted by molar-refractivity contribution is 0.0107. The van der Waals surface area contributed by atoms with Crippen LogP contribution >= 0.6 is 11.6 Å². The van der Waals surface area contributed by atoms with Gasteiger partial charge in [0, 0.05) is 13.0 Å². The largest absolute Gasteiger partial charge is 0.379 e. The second kappa shape index (κ2) is 6.67. The van der Waals surface area contributed by atoms with Crippen molar-refractivity contribution in [2.75, 3.05) is 13.0 Å². The number of ether oxygens (including phenoxy) is 1. The van der Waals surface area contributed by atoms with Crippen molar-refractivity contribution in [3.63, 3.8) is 0 Å². The summed E-state index contributed by atoms with van der Waals surface area (Å²) in [7, 11) is 1.77. The van der Waals surface area contributed by atoms with Gasteiger partial charge in [0.1, 0.15) is 0 Å². The Balaban J connectivity index is 3.70. The van der Waals surface area contributed by atoms with Crippen LogP contribution in [0, 0.1) is 5.92 Å². The molecule has 0 N–H and O–H groups in total. The second-order valence-electron chi connectivity index (χ2n) is 4.31. The fourth-order valence-electron chi connectivity index (χ4n) is 1.36. The maximum absolute atomic E-state index is 5.88. The summed E-state index contributed by atoms with van der Waals surface area (Å²) in [6.07, 6.45) is 4.74. The summed E-state index contributed by atoms with van der Waals surface area (Å²) in [5.74, 6) is 1.45. The lowest BCUT2D eigenvalue weighted by Gasteiger charge is -2.25. The van der Waals surface area contributed by atoms with Gasteiger partial charge < -0.3 is 4.74 Å². The second-order valence-corrected chi connectivity index (χ2v) is 4.62. The Bertz CT molecular complexity index is 123. The van der Waals surface area contributed by atoms with Crippen molar-refractivity contribution in [2.45, 2.75) is 52.1 Å². The third kappa shape index (κ3) is 6.34. The van der Waals surface area contributed by atoms with Crippen molar-refractivity contribution < 1.29 is 4.74 Å². The molecule has 0 aliphatic heterocycles. The number of hydrogen-bond donors (Lipinski definition) is 0. The number of methoxy groups -OCH3 is 1. The number of halogens is 1. The Hall–Kier alpha value is 0.250. The lowest BCUT2D eigenvalue weighted by atomic mass is 9.93. The number of alkyl halides is 1. The van der Waals surface area contributed by atoms with E-state index in [2.05, 4.69) is 20.8 Å². The first-order valence-corrected chi connectivity index (χ1v) is 5.70. The van der Waals surface area contributed by atoms with E-state index in [1.807, 2.05) is 0 Å². The third-order valence-electron chi connectivity index (χ3n) is 2.62. The van der Waals surface area contributed by atoms with Gasteiger partial charge in [0.15, 0.2) is 0 Å². The van der Waals surface area contributed by atoms with E-state index in [4.69, 9.17) is 16.3 Å². The van der Waals surface area contributed by atoms with E-state index >= 15 is 0 Å². The minimum Gasteiger partial charge on any atom is -0.379 e. The zero-order valence-corrected chi connectivity index (χ0v) is 10.2. The van der Waals surface area contributed by atoms with Gasteiger partial charge in [-0.25, -0.2) is 0 Å². The van der Waals surface area contributed by atoms with Gasteiger partial charge in [-0.3, -0.25) is 0 Å². The molecular weight excluding hydrogens is 184 g/mol. The Kier molecular flexibility index (Phi) is 6.79. The molecule has 1 unspecified atom stereocenters. The van der Waals surface area contributed by atoms with Crippen LogP contribution in [0.5, 0.6) is 0 Å². The molecule has 0 aromatic heterocycles. The Morgan fingerprint density at radius 3 is 2.31 bits per heavy atom. The van der Waals surface area contributed by atoms with E-state index in [9.17, 15) is 0 Å². The lowest BCUT2D eigenvalue weighted by Crippen LogP contribution is -2.23. The highest BCUT2D eigenvalue weighted by Gasteiger charge is 2.18. The SMILES string of the molecule is CCCC(CCl)CCC(C)(C)OC. The highest BCUT2D eigenvalue weighted by Crippen LogP contribution is 2.22. The molecule has 0 saturated carbocycles. The molecular formula is C11H23ClO. The predicted molar refractivity (Wildman–Crippen MR) is 59.4 cm³/mol. The molecule has 0 fully saturated rings. The molecule has 0 heterocycles. The van der Waals surface area contributed by atoms with Crippen LogP contribution in [0.2, 0.25) is 0 Å². The molecule has 0 rings (SSSR count). The van der Waals surface area contributed by atoms with Crippen LogP contribution in [0.3, 0.4) is 0 Å². The van der Waals surface area contributed by atoms with Crippen LogP contribution in [0.4, 0.5) is 0 Å². The smallest absolute Gasteiger partial charge is 0.0622 e. The minimum absolute atomic E-state index is 0.0120. The minimum atomic E-state index is 0.0120. The normalized spacial score (nSPS) is 14.5. The first-order chi connectivity index (χ1) is 6.05. The standard InChI is InChI=1S/C11H23ClO/c1-5-6-10(9-12)7-8-11(2,3)13-4/h10H,5-9H2,1-4H3. The van der Waals surface area contributed by atoms with Crippen molar-refractivity contribution in [2.24, 2.45) is 5.92 Å². The van der Waals surface area contributed by atoms with Crippen LogP contribution in [0.25, 0.3) is 0 Å². The van der Waals surface area contributed by atoms with Gasteiger partial charge in [-0.15, -0.1) is 11.6 Å². The van der Waals surface area contributed by atoms with Crippen molar-refractivity contribution in [3.8, 4) is 0 Å².